The van der Waals surface area contributed by atoms with Gasteiger partial charge in [0.15, 0.2) is 0 Å². The molecule has 1 aromatic heterocycles. The zero-order valence-corrected chi connectivity index (χ0v) is 9.82. The lowest BCUT2D eigenvalue weighted by atomic mass is 10.2. The van der Waals surface area contributed by atoms with Crippen LogP contribution in [0, 0.1) is 0 Å². The van der Waals surface area contributed by atoms with Crippen molar-refractivity contribution in [1.82, 2.24) is 5.32 Å². The zero-order valence-electron chi connectivity index (χ0n) is 9.82. The van der Waals surface area contributed by atoms with Crippen LogP contribution in [-0.2, 0) is 4.74 Å². The molecule has 1 aromatic rings. The van der Waals surface area contributed by atoms with Crippen molar-refractivity contribution in [3.05, 3.63) is 24.2 Å². The molecule has 92 valence electrons. The molecule has 1 rings (SSSR count). The number of hydrogen-bond acceptors (Lipinski definition) is 4. The first kappa shape index (κ1) is 13.2. The Bertz CT molecular complexity index is 249. The lowest BCUT2D eigenvalue weighted by Gasteiger charge is -2.09. The molecule has 2 N–H and O–H groups in total. The summed E-state index contributed by atoms with van der Waals surface area (Å²) in [6.07, 6.45) is 4.38. The molecule has 0 radical (unpaired) electrons. The number of unbranched alkanes of at least 4 members (excludes halogenated alkanes) is 2. The molecule has 16 heavy (non-hydrogen) atoms. The number of rotatable bonds is 9. The van der Waals surface area contributed by atoms with E-state index in [-0.39, 0.29) is 0 Å². The molecule has 0 aliphatic carbocycles. The second-order valence-corrected chi connectivity index (χ2v) is 3.79. The molecule has 0 aromatic carbocycles. The summed E-state index contributed by atoms with van der Waals surface area (Å²) in [7, 11) is 1.72. The first-order valence-electron chi connectivity index (χ1n) is 5.75. The monoisotopic (exact) mass is 227 g/mol. The van der Waals surface area contributed by atoms with Gasteiger partial charge in [-0.2, -0.15) is 0 Å². The minimum Gasteiger partial charge on any atom is -0.467 e. The standard InChI is InChI=1S/C12H21NO3/c1-15-8-4-2-3-7-13-10-11(14)12-6-5-9-16-12/h5-6,9,11,13-14H,2-4,7-8,10H2,1H3. The summed E-state index contributed by atoms with van der Waals surface area (Å²) >= 11 is 0. The van der Waals surface area contributed by atoms with E-state index >= 15 is 0 Å². The van der Waals surface area contributed by atoms with Crippen molar-refractivity contribution in [3.63, 3.8) is 0 Å². The van der Waals surface area contributed by atoms with Crippen LogP contribution in [0.3, 0.4) is 0 Å². The van der Waals surface area contributed by atoms with Gasteiger partial charge in [0, 0.05) is 20.3 Å². The van der Waals surface area contributed by atoms with Gasteiger partial charge in [-0.25, -0.2) is 0 Å². The molecule has 0 amide bonds. The van der Waals surface area contributed by atoms with Crippen LogP contribution >= 0.6 is 0 Å². The van der Waals surface area contributed by atoms with Gasteiger partial charge in [-0.1, -0.05) is 0 Å². The molecule has 0 fully saturated rings. The number of aliphatic hydroxyl groups is 1. The summed E-state index contributed by atoms with van der Waals surface area (Å²) in [5, 5.41) is 12.9. The van der Waals surface area contributed by atoms with E-state index in [1.807, 2.05) is 0 Å². The Balaban J connectivity index is 1.95. The second-order valence-electron chi connectivity index (χ2n) is 3.79. The Morgan fingerprint density at radius 1 is 1.44 bits per heavy atom. The van der Waals surface area contributed by atoms with Crippen molar-refractivity contribution in [2.24, 2.45) is 0 Å². The number of aliphatic hydroxyl groups excluding tert-OH is 1. The van der Waals surface area contributed by atoms with Crippen LogP contribution in [-0.4, -0.2) is 31.9 Å². The smallest absolute Gasteiger partial charge is 0.133 e. The highest BCUT2D eigenvalue weighted by atomic mass is 16.5. The molecule has 0 spiro atoms. The van der Waals surface area contributed by atoms with Crippen LogP contribution in [0.25, 0.3) is 0 Å². The third-order valence-electron chi connectivity index (χ3n) is 2.41. The van der Waals surface area contributed by atoms with Gasteiger partial charge in [0.05, 0.1) is 6.26 Å². The lowest BCUT2D eigenvalue weighted by Crippen LogP contribution is -2.22. The Labute approximate surface area is 96.6 Å². The van der Waals surface area contributed by atoms with E-state index in [9.17, 15) is 5.11 Å². The van der Waals surface area contributed by atoms with Crippen molar-refractivity contribution in [1.29, 1.82) is 0 Å². The van der Waals surface area contributed by atoms with Gasteiger partial charge in [0.2, 0.25) is 0 Å². The van der Waals surface area contributed by atoms with Gasteiger partial charge in [-0.15, -0.1) is 0 Å². The number of furan rings is 1. The summed E-state index contributed by atoms with van der Waals surface area (Å²) in [6.45, 7) is 2.29. The summed E-state index contributed by atoms with van der Waals surface area (Å²) in [6, 6.07) is 3.56. The fraction of sp³-hybridized carbons (Fsp3) is 0.667. The number of hydrogen-bond donors (Lipinski definition) is 2. The Morgan fingerprint density at radius 3 is 3.00 bits per heavy atom. The largest absolute Gasteiger partial charge is 0.467 e. The fourth-order valence-corrected chi connectivity index (χ4v) is 1.49. The molecule has 1 heterocycles. The van der Waals surface area contributed by atoms with E-state index in [2.05, 4.69) is 5.32 Å². The maximum atomic E-state index is 9.67. The normalized spacial score (nSPS) is 12.9. The molecule has 1 atom stereocenters. The van der Waals surface area contributed by atoms with Gasteiger partial charge in [-0.3, -0.25) is 0 Å². The molecule has 0 bridgehead atoms. The topological polar surface area (TPSA) is 54.6 Å². The molecule has 4 heteroatoms. The first-order chi connectivity index (χ1) is 7.84. The lowest BCUT2D eigenvalue weighted by molar-refractivity contribution is 0.147. The average molecular weight is 227 g/mol. The van der Waals surface area contributed by atoms with Crippen LogP contribution in [0.15, 0.2) is 22.8 Å². The van der Waals surface area contributed by atoms with Crippen molar-refractivity contribution in [3.8, 4) is 0 Å². The van der Waals surface area contributed by atoms with E-state index in [4.69, 9.17) is 9.15 Å². The molecular weight excluding hydrogens is 206 g/mol. The molecule has 0 aliphatic heterocycles. The Morgan fingerprint density at radius 2 is 2.31 bits per heavy atom. The van der Waals surface area contributed by atoms with Crippen molar-refractivity contribution in [2.45, 2.75) is 25.4 Å². The summed E-state index contributed by atoms with van der Waals surface area (Å²) in [5.41, 5.74) is 0. The first-order valence-corrected chi connectivity index (χ1v) is 5.75. The predicted molar refractivity (Wildman–Crippen MR) is 62.3 cm³/mol. The minimum atomic E-state index is -0.547. The Kier molecular flexibility index (Phi) is 6.88. The van der Waals surface area contributed by atoms with E-state index < -0.39 is 6.10 Å². The molecule has 0 saturated heterocycles. The van der Waals surface area contributed by atoms with E-state index in [1.54, 1.807) is 25.5 Å². The highest BCUT2D eigenvalue weighted by Gasteiger charge is 2.08. The predicted octanol–water partition coefficient (Wildman–Crippen LogP) is 1.72. The van der Waals surface area contributed by atoms with Crippen molar-refractivity contribution < 1.29 is 14.3 Å². The van der Waals surface area contributed by atoms with Crippen LogP contribution < -0.4 is 5.32 Å². The van der Waals surface area contributed by atoms with Crippen molar-refractivity contribution in [2.75, 3.05) is 26.8 Å². The maximum absolute atomic E-state index is 9.67. The molecule has 4 nitrogen and oxygen atoms in total. The molecule has 0 saturated carbocycles. The summed E-state index contributed by atoms with van der Waals surface area (Å²) < 4.78 is 10.1. The zero-order chi connectivity index (χ0) is 11.6. The number of methoxy groups -OCH3 is 1. The maximum Gasteiger partial charge on any atom is 0.133 e. The Hall–Kier alpha value is -0.840. The van der Waals surface area contributed by atoms with Crippen LogP contribution in [0.2, 0.25) is 0 Å². The average Bonchev–Trinajstić information content (AvgIpc) is 2.81. The minimum absolute atomic E-state index is 0.539. The summed E-state index contributed by atoms with van der Waals surface area (Å²) in [4.78, 5) is 0. The SMILES string of the molecule is COCCCCCNCC(O)c1ccco1. The number of nitrogens with one attached hydrogen (secondary N) is 1. The van der Waals surface area contributed by atoms with Crippen LogP contribution in [0.4, 0.5) is 0 Å². The molecular formula is C12H21NO3. The van der Waals surface area contributed by atoms with Crippen molar-refractivity contribution >= 4 is 0 Å². The quantitative estimate of drug-likeness (QED) is 0.631. The molecule has 0 aliphatic rings. The molecule has 1 unspecified atom stereocenters. The van der Waals surface area contributed by atoms with E-state index in [0.717, 1.165) is 32.4 Å². The third kappa shape index (κ3) is 5.30. The van der Waals surface area contributed by atoms with Gasteiger partial charge in [-0.05, 0) is 37.9 Å². The van der Waals surface area contributed by atoms with E-state index in [0.29, 0.717) is 12.3 Å². The van der Waals surface area contributed by atoms with E-state index in [1.165, 1.54) is 0 Å². The van der Waals surface area contributed by atoms with Crippen LogP contribution in [0.1, 0.15) is 31.1 Å². The third-order valence-corrected chi connectivity index (χ3v) is 2.41. The van der Waals surface area contributed by atoms with Gasteiger partial charge < -0.3 is 19.6 Å². The number of ether oxygens (including phenoxy) is 1. The van der Waals surface area contributed by atoms with Gasteiger partial charge in [0.1, 0.15) is 11.9 Å². The highest BCUT2D eigenvalue weighted by molar-refractivity contribution is 5.01. The van der Waals surface area contributed by atoms with Gasteiger partial charge >= 0.3 is 0 Å². The summed E-state index contributed by atoms with van der Waals surface area (Å²) in [5.74, 6) is 0.617. The van der Waals surface area contributed by atoms with Gasteiger partial charge in [0.25, 0.3) is 0 Å². The van der Waals surface area contributed by atoms with Crippen LogP contribution in [0.5, 0.6) is 0 Å². The fourth-order valence-electron chi connectivity index (χ4n) is 1.49. The second kappa shape index (κ2) is 8.33. The highest BCUT2D eigenvalue weighted by Crippen LogP contribution is 2.11.